The Kier molecular flexibility index (Phi) is 5.25. The van der Waals surface area contributed by atoms with Crippen LogP contribution in [0.2, 0.25) is 0 Å². The number of nitrogens with one attached hydrogen (secondary N) is 1. The lowest BCUT2D eigenvalue weighted by Crippen LogP contribution is -2.28. The van der Waals surface area contributed by atoms with E-state index in [-0.39, 0.29) is 17.9 Å². The molecule has 1 aromatic heterocycles. The van der Waals surface area contributed by atoms with E-state index < -0.39 is 0 Å². The first-order valence-corrected chi connectivity index (χ1v) is 10.1. The number of rotatable bonds is 8. The van der Waals surface area contributed by atoms with Crippen LogP contribution in [0, 0.1) is 18.8 Å². The van der Waals surface area contributed by atoms with Crippen LogP contribution in [0.15, 0.2) is 36.5 Å². The number of methoxy groups -OCH3 is 1. The molecule has 1 N–H and O–H groups in total. The Bertz CT molecular complexity index is 845. The van der Waals surface area contributed by atoms with Crippen molar-refractivity contribution in [2.75, 3.05) is 13.7 Å². The number of aromatic nitrogens is 1. The van der Waals surface area contributed by atoms with Gasteiger partial charge < -0.3 is 14.8 Å². The van der Waals surface area contributed by atoms with Crippen LogP contribution in [0.5, 0.6) is 11.5 Å². The number of hydrogen-bond donors (Lipinski definition) is 1. The van der Waals surface area contributed by atoms with E-state index in [1.165, 1.54) is 18.4 Å². The molecule has 3 atom stereocenters. The average Bonchev–Trinajstić information content (AvgIpc) is 3.61. The Morgan fingerprint density at radius 3 is 2.75 bits per heavy atom. The van der Waals surface area contributed by atoms with E-state index in [1.54, 1.807) is 13.3 Å². The van der Waals surface area contributed by atoms with Gasteiger partial charge in [0, 0.05) is 5.92 Å². The predicted molar refractivity (Wildman–Crippen MR) is 108 cm³/mol. The normalized spacial score (nSPS) is 21.7. The molecule has 5 heteroatoms. The molecule has 0 spiro atoms. The van der Waals surface area contributed by atoms with Crippen LogP contribution in [0.25, 0.3) is 0 Å². The quantitative estimate of drug-likeness (QED) is 0.747. The Labute approximate surface area is 166 Å². The minimum absolute atomic E-state index is 0.0383. The lowest BCUT2D eigenvalue weighted by atomic mass is 10.1. The number of benzene rings is 1. The van der Waals surface area contributed by atoms with E-state index in [2.05, 4.69) is 22.4 Å². The second kappa shape index (κ2) is 7.82. The van der Waals surface area contributed by atoms with Gasteiger partial charge in [-0.1, -0.05) is 12.1 Å². The second-order valence-electron chi connectivity index (χ2n) is 8.08. The van der Waals surface area contributed by atoms with Crippen LogP contribution in [-0.2, 0) is 4.79 Å². The smallest absolute Gasteiger partial charge is 0.224 e. The third kappa shape index (κ3) is 4.29. The molecule has 1 heterocycles. The fraction of sp³-hybridized carbons (Fsp3) is 0.478. The van der Waals surface area contributed by atoms with Gasteiger partial charge in [-0.25, -0.2) is 0 Å². The molecule has 148 valence electrons. The van der Waals surface area contributed by atoms with E-state index in [4.69, 9.17) is 9.47 Å². The molecular formula is C23H28N2O3. The van der Waals surface area contributed by atoms with Crippen LogP contribution in [0.1, 0.15) is 55.0 Å². The van der Waals surface area contributed by atoms with Crippen molar-refractivity contribution in [2.45, 2.75) is 45.1 Å². The predicted octanol–water partition coefficient (Wildman–Crippen LogP) is 4.17. The van der Waals surface area contributed by atoms with Crippen LogP contribution < -0.4 is 14.8 Å². The Balaban J connectivity index is 1.30. The number of carbonyl (C=O) groups excluding carboxylic acids is 1. The number of nitrogens with zero attached hydrogens (tertiary/aromatic N) is 1. The van der Waals surface area contributed by atoms with Gasteiger partial charge in [0.1, 0.15) is 11.5 Å². The molecule has 2 aliphatic carbocycles. The van der Waals surface area contributed by atoms with Crippen LogP contribution in [0.3, 0.4) is 0 Å². The summed E-state index contributed by atoms with van der Waals surface area (Å²) in [6, 6.07) is 9.93. The molecule has 2 fully saturated rings. The van der Waals surface area contributed by atoms with Crippen LogP contribution in [0.4, 0.5) is 0 Å². The molecule has 1 unspecified atom stereocenters. The zero-order valence-electron chi connectivity index (χ0n) is 16.8. The summed E-state index contributed by atoms with van der Waals surface area (Å²) in [4.78, 5) is 17.1. The lowest BCUT2D eigenvalue weighted by Gasteiger charge is -2.14. The summed E-state index contributed by atoms with van der Waals surface area (Å²) in [6.07, 6.45) is 5.19. The number of aryl methyl sites for hydroxylation is 1. The molecule has 28 heavy (non-hydrogen) atoms. The van der Waals surface area contributed by atoms with E-state index in [9.17, 15) is 4.79 Å². The van der Waals surface area contributed by atoms with Crippen molar-refractivity contribution in [3.05, 3.63) is 53.3 Å². The summed E-state index contributed by atoms with van der Waals surface area (Å²) >= 11 is 0. The molecule has 0 aliphatic heterocycles. The number of carbonyl (C=O) groups is 1. The zero-order chi connectivity index (χ0) is 19.7. The Hall–Kier alpha value is -2.56. The first-order valence-electron chi connectivity index (χ1n) is 10.1. The minimum atomic E-state index is -0.121. The summed E-state index contributed by atoms with van der Waals surface area (Å²) < 4.78 is 11.0. The highest BCUT2D eigenvalue weighted by Crippen LogP contribution is 2.48. The van der Waals surface area contributed by atoms with Crippen molar-refractivity contribution >= 4 is 5.91 Å². The summed E-state index contributed by atoms with van der Waals surface area (Å²) in [6.45, 7) is 4.78. The van der Waals surface area contributed by atoms with Crippen molar-refractivity contribution in [3.63, 3.8) is 0 Å². The van der Waals surface area contributed by atoms with Gasteiger partial charge in [0.25, 0.3) is 0 Å². The molecule has 2 aliphatic rings. The molecule has 4 rings (SSSR count). The third-order valence-corrected chi connectivity index (χ3v) is 5.72. The zero-order valence-corrected chi connectivity index (χ0v) is 16.8. The summed E-state index contributed by atoms with van der Waals surface area (Å²) in [5, 5.41) is 3.11. The molecule has 2 saturated carbocycles. The third-order valence-electron chi connectivity index (χ3n) is 5.72. The highest BCUT2D eigenvalue weighted by Gasteiger charge is 2.44. The first kappa shape index (κ1) is 18.8. The maximum atomic E-state index is 12.6. The maximum absolute atomic E-state index is 12.6. The molecule has 5 nitrogen and oxygen atoms in total. The van der Waals surface area contributed by atoms with Gasteiger partial charge in [0.05, 0.1) is 31.6 Å². The van der Waals surface area contributed by atoms with Gasteiger partial charge in [-0.15, -0.1) is 0 Å². The van der Waals surface area contributed by atoms with Crippen LogP contribution in [-0.4, -0.2) is 24.6 Å². The van der Waals surface area contributed by atoms with Gasteiger partial charge in [-0.3, -0.25) is 9.78 Å². The number of pyridine rings is 1. The van der Waals surface area contributed by atoms with Crippen molar-refractivity contribution in [1.82, 2.24) is 10.3 Å². The molecule has 0 radical (unpaired) electrons. The summed E-state index contributed by atoms with van der Waals surface area (Å²) in [7, 11) is 1.68. The van der Waals surface area contributed by atoms with Crippen molar-refractivity contribution in [3.8, 4) is 11.5 Å². The molecular weight excluding hydrogens is 352 g/mol. The van der Waals surface area contributed by atoms with Gasteiger partial charge >= 0.3 is 0 Å². The maximum Gasteiger partial charge on any atom is 0.224 e. The first-order chi connectivity index (χ1) is 13.5. The Morgan fingerprint density at radius 1 is 1.29 bits per heavy atom. The fourth-order valence-corrected chi connectivity index (χ4v) is 3.61. The molecule has 0 saturated heterocycles. The molecule has 1 amide bonds. The van der Waals surface area contributed by atoms with Gasteiger partial charge in [-0.05, 0) is 74.3 Å². The fourth-order valence-electron chi connectivity index (χ4n) is 3.61. The molecule has 1 aromatic carbocycles. The molecule has 2 aromatic rings. The number of hydrogen-bond acceptors (Lipinski definition) is 4. The van der Waals surface area contributed by atoms with Crippen molar-refractivity contribution in [1.29, 1.82) is 0 Å². The minimum Gasteiger partial charge on any atom is -0.496 e. The van der Waals surface area contributed by atoms with Gasteiger partial charge in [0.2, 0.25) is 5.91 Å². The summed E-state index contributed by atoms with van der Waals surface area (Å²) in [5.74, 6) is 2.83. The van der Waals surface area contributed by atoms with E-state index in [0.29, 0.717) is 5.92 Å². The average molecular weight is 380 g/mol. The summed E-state index contributed by atoms with van der Waals surface area (Å²) in [5.41, 5.74) is 3.17. The highest BCUT2D eigenvalue weighted by molar-refractivity contribution is 5.83. The monoisotopic (exact) mass is 380 g/mol. The van der Waals surface area contributed by atoms with E-state index in [0.717, 1.165) is 41.7 Å². The SMILES string of the molecule is COc1ccc([C@H]2C[C@@H]2C(=O)NC(C)c2ccc(OCC3CC3)cn2)cc1C. The molecule has 0 bridgehead atoms. The van der Waals surface area contributed by atoms with Gasteiger partial charge in [-0.2, -0.15) is 0 Å². The van der Waals surface area contributed by atoms with Crippen molar-refractivity contribution in [2.24, 2.45) is 11.8 Å². The number of amides is 1. The second-order valence-corrected chi connectivity index (χ2v) is 8.08. The van der Waals surface area contributed by atoms with Gasteiger partial charge in [0.15, 0.2) is 0 Å². The van der Waals surface area contributed by atoms with E-state index >= 15 is 0 Å². The number of ether oxygens (including phenoxy) is 2. The largest absolute Gasteiger partial charge is 0.496 e. The van der Waals surface area contributed by atoms with Crippen molar-refractivity contribution < 1.29 is 14.3 Å². The van der Waals surface area contributed by atoms with E-state index in [1.807, 2.05) is 32.0 Å². The standard InChI is InChI=1S/C23H28N2O3/c1-14-10-17(6-9-22(14)27-3)19-11-20(19)23(26)25-15(2)21-8-7-18(12-24-21)28-13-16-4-5-16/h6-10,12,15-16,19-20H,4-5,11,13H2,1-3H3,(H,25,26)/t15?,19-,20+/m1/s1. The lowest BCUT2D eigenvalue weighted by molar-refractivity contribution is -0.123. The van der Waals surface area contributed by atoms with Crippen LogP contribution >= 0.6 is 0 Å². The topological polar surface area (TPSA) is 60.5 Å². The Morgan fingerprint density at radius 2 is 2.11 bits per heavy atom. The highest BCUT2D eigenvalue weighted by atomic mass is 16.5.